The van der Waals surface area contributed by atoms with Crippen LogP contribution in [0, 0.1) is 6.92 Å². The summed E-state index contributed by atoms with van der Waals surface area (Å²) in [5.74, 6) is 0.882. The Morgan fingerprint density at radius 2 is 1.59 bits per heavy atom. The van der Waals surface area contributed by atoms with Gasteiger partial charge < -0.3 is 9.22 Å². The van der Waals surface area contributed by atoms with Gasteiger partial charge in [-0.25, -0.2) is 4.79 Å². The molecule has 0 spiro atoms. The van der Waals surface area contributed by atoms with Crippen LogP contribution in [0.25, 0.3) is 0 Å². The summed E-state index contributed by atoms with van der Waals surface area (Å²) in [5.41, 5.74) is 0.793. The lowest BCUT2D eigenvalue weighted by molar-refractivity contribution is 1.03. The maximum absolute atomic E-state index is 11.4. The second-order valence-corrected chi connectivity index (χ2v) is 16.4. The Hall–Kier alpha value is -0.886. The highest BCUT2D eigenvalue weighted by molar-refractivity contribution is 6.99. The summed E-state index contributed by atoms with van der Waals surface area (Å²) in [6.07, 6.45) is 1.76. The number of hydrogen-bond acceptors (Lipinski definition) is 3. The van der Waals surface area contributed by atoms with Crippen LogP contribution < -0.4 is 9.92 Å². The van der Waals surface area contributed by atoms with Gasteiger partial charge in [-0.05, 0) is 6.92 Å². The minimum atomic E-state index is -1.54. The van der Waals surface area contributed by atoms with Crippen LogP contribution in [0.2, 0.25) is 39.3 Å². The molecule has 0 fully saturated rings. The van der Waals surface area contributed by atoms with Gasteiger partial charge in [-0.3, -0.25) is 0 Å². The van der Waals surface area contributed by atoms with E-state index in [1.54, 1.807) is 6.20 Å². The summed E-state index contributed by atoms with van der Waals surface area (Å²) in [4.78, 5) is 18.3. The predicted molar refractivity (Wildman–Crippen MR) is 78.8 cm³/mol. The minimum absolute atomic E-state index is 0.257. The van der Waals surface area contributed by atoms with E-state index in [-0.39, 0.29) is 5.69 Å². The molecular formula is C11H23N3OSi2. The molecule has 6 heteroatoms. The van der Waals surface area contributed by atoms with Crippen LogP contribution in [0.15, 0.2) is 11.0 Å². The molecule has 0 radical (unpaired) electrons. The third kappa shape index (κ3) is 3.29. The fourth-order valence-electron chi connectivity index (χ4n) is 2.32. The summed E-state index contributed by atoms with van der Waals surface area (Å²) in [6.45, 7) is 15.8. The molecule has 0 aliphatic carbocycles. The number of aromatic amines is 1. The summed E-state index contributed by atoms with van der Waals surface area (Å²) >= 11 is 0. The number of aryl methyl sites for hydroxylation is 1. The van der Waals surface area contributed by atoms with Gasteiger partial charge in [0.15, 0.2) is 0 Å². The monoisotopic (exact) mass is 269 g/mol. The van der Waals surface area contributed by atoms with Crippen molar-refractivity contribution in [3.05, 3.63) is 22.2 Å². The molecule has 1 heterocycles. The van der Waals surface area contributed by atoms with Crippen LogP contribution in [-0.2, 0) is 0 Å². The van der Waals surface area contributed by atoms with E-state index in [1.807, 2.05) is 6.92 Å². The molecule has 0 bridgehead atoms. The van der Waals surface area contributed by atoms with Crippen molar-refractivity contribution in [2.24, 2.45) is 0 Å². The van der Waals surface area contributed by atoms with Gasteiger partial charge in [0, 0.05) is 11.8 Å². The lowest BCUT2D eigenvalue weighted by Crippen LogP contribution is -2.60. The standard InChI is InChI=1S/C11H23N3OSi2/c1-9-8-12-11(15)13-10(9)14(16(2,3)4)17(5,6)7/h8H,1-7H3,(H,12,13,15). The third-order valence-electron chi connectivity index (χ3n) is 2.53. The van der Waals surface area contributed by atoms with Gasteiger partial charge in [-0.2, -0.15) is 4.98 Å². The first-order valence-corrected chi connectivity index (χ1v) is 12.8. The topological polar surface area (TPSA) is 49.0 Å². The molecule has 1 rings (SSSR count). The summed E-state index contributed by atoms with van der Waals surface area (Å²) < 4.78 is 2.46. The minimum Gasteiger partial charge on any atom is -0.409 e. The number of H-pyrrole nitrogens is 1. The Kier molecular flexibility index (Phi) is 3.68. The lowest BCUT2D eigenvalue weighted by atomic mass is 10.4. The van der Waals surface area contributed by atoms with Gasteiger partial charge in [-0.1, -0.05) is 39.3 Å². The molecule has 17 heavy (non-hydrogen) atoms. The van der Waals surface area contributed by atoms with Crippen LogP contribution in [0.5, 0.6) is 0 Å². The highest BCUT2D eigenvalue weighted by Crippen LogP contribution is 2.27. The summed E-state index contributed by atoms with van der Waals surface area (Å²) in [6, 6.07) is 0. The van der Waals surface area contributed by atoms with Gasteiger partial charge in [-0.15, -0.1) is 0 Å². The molecule has 1 aromatic rings. The van der Waals surface area contributed by atoms with Crippen LogP contribution >= 0.6 is 0 Å². The fourth-order valence-corrected chi connectivity index (χ4v) is 12.1. The van der Waals surface area contributed by atoms with Crippen LogP contribution in [0.3, 0.4) is 0 Å². The van der Waals surface area contributed by atoms with Gasteiger partial charge in [0.2, 0.25) is 0 Å². The van der Waals surface area contributed by atoms with Crippen LogP contribution in [0.4, 0.5) is 5.82 Å². The Bertz CT molecular complexity index is 443. The largest absolute Gasteiger partial charge is 0.409 e. The number of nitrogens with zero attached hydrogens (tertiary/aromatic N) is 2. The molecular weight excluding hydrogens is 246 g/mol. The van der Waals surface area contributed by atoms with Gasteiger partial charge in [0.25, 0.3) is 0 Å². The smallest absolute Gasteiger partial charge is 0.346 e. The van der Waals surface area contributed by atoms with E-state index in [1.165, 1.54) is 0 Å². The number of hydrogen-bond donors (Lipinski definition) is 1. The van der Waals surface area contributed by atoms with Crippen molar-refractivity contribution >= 4 is 22.3 Å². The first-order chi connectivity index (χ1) is 7.53. The van der Waals surface area contributed by atoms with E-state index >= 15 is 0 Å². The zero-order valence-corrected chi connectivity index (χ0v) is 13.9. The maximum Gasteiger partial charge on any atom is 0.346 e. The Morgan fingerprint density at radius 1 is 1.12 bits per heavy atom. The SMILES string of the molecule is Cc1c[nH]c(=O)nc1N([Si](C)(C)C)[Si](C)(C)C. The molecule has 0 amide bonds. The van der Waals surface area contributed by atoms with Crippen LogP contribution in [-0.4, -0.2) is 26.4 Å². The fraction of sp³-hybridized carbons (Fsp3) is 0.636. The molecule has 0 aliphatic heterocycles. The number of aromatic nitrogens is 2. The Morgan fingerprint density at radius 3 is 2.00 bits per heavy atom. The molecule has 0 saturated heterocycles. The molecule has 96 valence electrons. The quantitative estimate of drug-likeness (QED) is 0.858. The number of anilines is 1. The van der Waals surface area contributed by atoms with Crippen molar-refractivity contribution in [1.82, 2.24) is 9.97 Å². The Balaban J connectivity index is 3.43. The van der Waals surface area contributed by atoms with Crippen molar-refractivity contribution in [3.63, 3.8) is 0 Å². The molecule has 0 atom stereocenters. The molecule has 1 aromatic heterocycles. The first-order valence-electron chi connectivity index (χ1n) is 5.90. The van der Waals surface area contributed by atoms with Gasteiger partial charge >= 0.3 is 5.69 Å². The van der Waals surface area contributed by atoms with Gasteiger partial charge in [0.1, 0.15) is 22.3 Å². The molecule has 0 unspecified atom stereocenters. The number of rotatable bonds is 3. The second-order valence-electron chi connectivity index (χ2n) is 6.39. The van der Waals surface area contributed by atoms with E-state index in [2.05, 4.69) is 53.5 Å². The summed E-state index contributed by atoms with van der Waals surface area (Å²) in [7, 11) is -3.07. The highest BCUT2D eigenvalue weighted by Gasteiger charge is 2.36. The molecule has 0 aromatic carbocycles. The van der Waals surface area contributed by atoms with E-state index in [4.69, 9.17) is 0 Å². The zero-order chi connectivity index (χ0) is 13.4. The van der Waals surface area contributed by atoms with Crippen molar-refractivity contribution in [2.75, 3.05) is 4.23 Å². The van der Waals surface area contributed by atoms with Gasteiger partial charge in [0.05, 0.1) is 0 Å². The van der Waals surface area contributed by atoms with Crippen molar-refractivity contribution < 1.29 is 0 Å². The average Bonchev–Trinajstić information content (AvgIpc) is 2.06. The zero-order valence-electron chi connectivity index (χ0n) is 11.9. The normalized spacial score (nSPS) is 12.6. The number of nitrogens with one attached hydrogen (secondary N) is 1. The maximum atomic E-state index is 11.4. The first kappa shape index (κ1) is 14.2. The van der Waals surface area contributed by atoms with Crippen molar-refractivity contribution in [1.29, 1.82) is 0 Å². The molecule has 1 N–H and O–H groups in total. The second kappa shape index (κ2) is 4.41. The molecule has 4 nitrogen and oxygen atoms in total. The van der Waals surface area contributed by atoms with E-state index in [0.29, 0.717) is 0 Å². The predicted octanol–water partition coefficient (Wildman–Crippen LogP) is 2.55. The van der Waals surface area contributed by atoms with Crippen LogP contribution in [0.1, 0.15) is 5.56 Å². The van der Waals surface area contributed by atoms with E-state index < -0.39 is 16.5 Å². The lowest BCUT2D eigenvalue weighted by Gasteiger charge is -2.45. The van der Waals surface area contributed by atoms with E-state index in [9.17, 15) is 4.79 Å². The summed E-state index contributed by atoms with van der Waals surface area (Å²) in [5, 5.41) is 0. The van der Waals surface area contributed by atoms with E-state index in [0.717, 1.165) is 11.4 Å². The Labute approximate surface area is 105 Å². The molecule has 0 saturated carbocycles. The van der Waals surface area contributed by atoms with Crippen molar-refractivity contribution in [3.8, 4) is 0 Å². The average molecular weight is 269 g/mol. The van der Waals surface area contributed by atoms with Crippen molar-refractivity contribution in [2.45, 2.75) is 46.2 Å². The third-order valence-corrected chi connectivity index (χ3v) is 9.66. The highest BCUT2D eigenvalue weighted by atomic mass is 28.4. The molecule has 0 aliphatic rings.